The second kappa shape index (κ2) is 10.9. The number of carbonyl (C=O) groups excluding carboxylic acids is 2. The Labute approximate surface area is 229 Å². The van der Waals surface area contributed by atoms with Gasteiger partial charge in [-0.05, 0) is 47.7 Å². The van der Waals surface area contributed by atoms with Crippen LogP contribution in [0.2, 0.25) is 0 Å². The molecule has 8 nitrogen and oxygen atoms in total. The third kappa shape index (κ3) is 4.97. The van der Waals surface area contributed by atoms with E-state index < -0.39 is 33.9 Å². The van der Waals surface area contributed by atoms with Crippen molar-refractivity contribution in [2.45, 2.75) is 36.9 Å². The number of ether oxygens (including phenoxy) is 2. The highest BCUT2D eigenvalue weighted by molar-refractivity contribution is 7.89. The highest BCUT2D eigenvalue weighted by Crippen LogP contribution is 2.45. The summed E-state index contributed by atoms with van der Waals surface area (Å²) in [6, 6.07) is 20.9. The Morgan fingerprint density at radius 3 is 2.08 bits per heavy atom. The van der Waals surface area contributed by atoms with E-state index >= 15 is 0 Å². The second-order valence-corrected chi connectivity index (χ2v) is 11.9. The summed E-state index contributed by atoms with van der Waals surface area (Å²) in [6.45, 7) is 3.35. The first-order valence-electron chi connectivity index (χ1n) is 12.9. The van der Waals surface area contributed by atoms with Gasteiger partial charge in [0.15, 0.2) is 5.92 Å². The minimum Gasteiger partial charge on any atom is -0.468 e. The van der Waals surface area contributed by atoms with E-state index in [4.69, 9.17) is 9.47 Å². The Bertz CT molecular complexity index is 1470. The quantitative estimate of drug-likeness (QED) is 0.342. The van der Waals surface area contributed by atoms with Gasteiger partial charge in [-0.3, -0.25) is 14.5 Å². The number of nitrogens with zero attached hydrogens (tertiary/aromatic N) is 2. The molecule has 5 rings (SSSR count). The van der Waals surface area contributed by atoms with E-state index in [1.165, 1.54) is 29.7 Å². The number of esters is 2. The van der Waals surface area contributed by atoms with E-state index in [9.17, 15) is 18.0 Å². The maximum Gasteiger partial charge on any atom is 0.322 e. The van der Waals surface area contributed by atoms with Crippen molar-refractivity contribution < 1.29 is 27.5 Å². The van der Waals surface area contributed by atoms with Gasteiger partial charge in [0.25, 0.3) is 0 Å². The molecule has 204 valence electrons. The molecule has 0 bridgehead atoms. The monoisotopic (exact) mass is 548 g/mol. The highest BCUT2D eigenvalue weighted by atomic mass is 32.2. The summed E-state index contributed by atoms with van der Waals surface area (Å²) in [5.41, 5.74) is 4.88. The zero-order valence-corrected chi connectivity index (χ0v) is 23.1. The lowest BCUT2D eigenvalue weighted by Gasteiger charge is -2.46. The second-order valence-electron chi connectivity index (χ2n) is 9.99. The van der Waals surface area contributed by atoms with Crippen molar-refractivity contribution in [3.63, 3.8) is 0 Å². The van der Waals surface area contributed by atoms with E-state index in [-0.39, 0.29) is 17.5 Å². The van der Waals surface area contributed by atoms with Crippen LogP contribution in [0.5, 0.6) is 0 Å². The van der Waals surface area contributed by atoms with Gasteiger partial charge in [0.05, 0.1) is 25.2 Å². The van der Waals surface area contributed by atoms with Crippen LogP contribution in [-0.4, -0.2) is 56.9 Å². The summed E-state index contributed by atoms with van der Waals surface area (Å²) < 4.78 is 39.8. The van der Waals surface area contributed by atoms with Crippen molar-refractivity contribution >= 4 is 22.0 Å². The van der Waals surface area contributed by atoms with E-state index in [2.05, 4.69) is 17.0 Å². The average Bonchev–Trinajstić information content (AvgIpc) is 2.96. The molecule has 0 radical (unpaired) electrons. The van der Waals surface area contributed by atoms with Crippen molar-refractivity contribution in [3.8, 4) is 0 Å². The molecule has 0 spiro atoms. The molecule has 39 heavy (non-hydrogen) atoms. The summed E-state index contributed by atoms with van der Waals surface area (Å²) in [4.78, 5) is 28.5. The van der Waals surface area contributed by atoms with Crippen LogP contribution in [0.3, 0.4) is 0 Å². The molecule has 0 fully saturated rings. The van der Waals surface area contributed by atoms with Gasteiger partial charge in [0, 0.05) is 25.7 Å². The van der Waals surface area contributed by atoms with Gasteiger partial charge in [-0.1, -0.05) is 66.2 Å². The molecule has 2 aliphatic rings. The molecule has 0 N–H and O–H groups in total. The normalized spacial score (nSPS) is 19.7. The molecular formula is C30H32N2O6S. The lowest BCUT2D eigenvalue weighted by molar-refractivity contribution is -0.161. The van der Waals surface area contributed by atoms with Crippen LogP contribution < -0.4 is 0 Å². The number of benzene rings is 3. The molecule has 2 heterocycles. The Morgan fingerprint density at radius 2 is 1.44 bits per heavy atom. The largest absolute Gasteiger partial charge is 0.468 e. The first-order chi connectivity index (χ1) is 18.8. The van der Waals surface area contributed by atoms with Gasteiger partial charge in [0.1, 0.15) is 0 Å². The third-order valence-electron chi connectivity index (χ3n) is 7.79. The number of carbonyl (C=O) groups is 2. The summed E-state index contributed by atoms with van der Waals surface area (Å²) in [5, 5.41) is 0. The van der Waals surface area contributed by atoms with E-state index in [0.717, 1.165) is 24.1 Å². The topological polar surface area (TPSA) is 93.2 Å². The fraction of sp³-hybridized carbons (Fsp3) is 0.333. The predicted molar refractivity (Wildman–Crippen MR) is 145 cm³/mol. The van der Waals surface area contributed by atoms with E-state index in [1.807, 2.05) is 31.2 Å². The van der Waals surface area contributed by atoms with Crippen molar-refractivity contribution in [2.24, 2.45) is 5.92 Å². The molecule has 0 aliphatic carbocycles. The number of hydrogen-bond acceptors (Lipinski definition) is 7. The maximum atomic E-state index is 14.3. The molecular weight excluding hydrogens is 516 g/mol. The number of aryl methyl sites for hydroxylation is 1. The first-order valence-corrected chi connectivity index (χ1v) is 14.3. The number of methoxy groups -OCH3 is 2. The average molecular weight is 549 g/mol. The van der Waals surface area contributed by atoms with Crippen LogP contribution >= 0.6 is 0 Å². The van der Waals surface area contributed by atoms with Gasteiger partial charge in [-0.15, -0.1) is 0 Å². The third-order valence-corrected chi connectivity index (χ3v) is 9.65. The smallest absolute Gasteiger partial charge is 0.322 e. The molecule has 0 amide bonds. The molecule has 2 aliphatic heterocycles. The Kier molecular flexibility index (Phi) is 7.57. The van der Waals surface area contributed by atoms with Crippen molar-refractivity contribution in [1.82, 2.24) is 9.21 Å². The summed E-state index contributed by atoms with van der Waals surface area (Å²) in [5.74, 6) is -3.20. The lowest BCUT2D eigenvalue weighted by Crippen LogP contribution is -2.52. The van der Waals surface area contributed by atoms with Gasteiger partial charge < -0.3 is 9.47 Å². The zero-order valence-electron chi connectivity index (χ0n) is 22.2. The molecule has 3 aromatic rings. The Hall–Kier alpha value is -3.53. The molecule has 0 aromatic heterocycles. The molecule has 9 heteroatoms. The van der Waals surface area contributed by atoms with Gasteiger partial charge in [0.2, 0.25) is 10.0 Å². The summed E-state index contributed by atoms with van der Waals surface area (Å²) in [7, 11) is -1.78. The number of rotatable bonds is 6. The van der Waals surface area contributed by atoms with Crippen LogP contribution in [-0.2, 0) is 42.1 Å². The summed E-state index contributed by atoms with van der Waals surface area (Å²) in [6.07, 6.45) is 0.843. The number of sulfonamides is 1. The standard InChI is InChI=1S/C30H32N2O6S/c1-20-12-14-23(15-13-20)39(35,36)32-19-26(31-17-16-21-8-4-5-9-22(21)18-31)24-10-6-7-11-25(24)28(32)27(29(33)37-2)30(34)38-3/h4-15,26-28H,16-19H2,1-3H3. The minimum atomic E-state index is -4.14. The fourth-order valence-electron chi connectivity index (χ4n) is 5.76. The van der Waals surface area contributed by atoms with Crippen LogP contribution in [0, 0.1) is 12.8 Å². The van der Waals surface area contributed by atoms with Crippen LogP contribution in [0.25, 0.3) is 0 Å². The Morgan fingerprint density at radius 1 is 0.846 bits per heavy atom. The van der Waals surface area contributed by atoms with Crippen LogP contribution in [0.15, 0.2) is 77.7 Å². The number of hydrogen-bond donors (Lipinski definition) is 0. The van der Waals surface area contributed by atoms with Crippen LogP contribution in [0.1, 0.15) is 39.9 Å². The van der Waals surface area contributed by atoms with Gasteiger partial charge in [-0.2, -0.15) is 4.31 Å². The van der Waals surface area contributed by atoms with Crippen LogP contribution in [0.4, 0.5) is 0 Å². The highest BCUT2D eigenvalue weighted by Gasteiger charge is 2.50. The minimum absolute atomic E-state index is 0.0601. The van der Waals surface area contributed by atoms with E-state index in [1.54, 1.807) is 36.4 Å². The molecule has 2 unspecified atom stereocenters. The zero-order chi connectivity index (χ0) is 27.7. The number of fused-ring (bicyclic) bond motifs is 2. The van der Waals surface area contributed by atoms with E-state index in [0.29, 0.717) is 12.1 Å². The summed E-state index contributed by atoms with van der Waals surface area (Å²) >= 11 is 0. The molecule has 2 atom stereocenters. The fourth-order valence-corrected chi connectivity index (χ4v) is 7.39. The molecule has 0 saturated heterocycles. The van der Waals surface area contributed by atoms with Crippen molar-refractivity contribution in [1.29, 1.82) is 0 Å². The van der Waals surface area contributed by atoms with Crippen molar-refractivity contribution in [3.05, 3.63) is 101 Å². The first kappa shape index (κ1) is 27.1. The van der Waals surface area contributed by atoms with Gasteiger partial charge >= 0.3 is 11.9 Å². The maximum absolute atomic E-state index is 14.3. The molecule has 0 saturated carbocycles. The SMILES string of the molecule is COC(=O)C(C(=O)OC)C1c2ccccc2C(N2CCc3ccccc3C2)CN1S(=O)(=O)c1ccc(C)cc1. The lowest BCUT2D eigenvalue weighted by atomic mass is 9.83. The van der Waals surface area contributed by atoms with Gasteiger partial charge in [-0.25, -0.2) is 8.42 Å². The molecule has 3 aromatic carbocycles. The Balaban J connectivity index is 1.67. The predicted octanol–water partition coefficient (Wildman–Crippen LogP) is 3.80. The van der Waals surface area contributed by atoms with Crippen molar-refractivity contribution in [2.75, 3.05) is 27.3 Å².